The van der Waals surface area contributed by atoms with Gasteiger partial charge in [-0.05, 0) is 13.3 Å². The standard InChI is InChI=1S/C17H21N3O5S/c1-7(21)13-11-4-12(14(17(24)25)20(11)16(13)23)26-10-3-9(18-6-10)2-8-5-19-15(8)22/h2,7,9-11,13,18,21H,3-6H2,1H3,(H,19,22)(H,24,25)/t7-,9-,10+,11-,13-/m1/s1. The number of nitrogens with one attached hydrogen (secondary N) is 2. The fourth-order valence-corrected chi connectivity index (χ4v) is 5.58. The number of hydrogen-bond acceptors (Lipinski definition) is 6. The summed E-state index contributed by atoms with van der Waals surface area (Å²) >= 11 is 1.50. The molecule has 2 amide bonds. The molecule has 0 unspecified atom stereocenters. The highest BCUT2D eigenvalue weighted by atomic mass is 32.2. The molecule has 0 saturated carbocycles. The molecule has 26 heavy (non-hydrogen) atoms. The Kier molecular flexibility index (Phi) is 4.32. The van der Waals surface area contributed by atoms with E-state index in [1.807, 2.05) is 6.08 Å². The molecule has 4 aliphatic rings. The summed E-state index contributed by atoms with van der Waals surface area (Å²) < 4.78 is 0. The lowest BCUT2D eigenvalue weighted by Crippen LogP contribution is -2.61. The number of nitrogens with zero attached hydrogens (tertiary/aromatic N) is 1. The molecular weight excluding hydrogens is 358 g/mol. The SMILES string of the molecule is C[C@@H](O)[C@H]1C(=O)N2C(C(=O)O)=C(S[C@@H]3CN[C@H](C=C4CNC4=O)C3)C[C@H]12. The van der Waals surface area contributed by atoms with Crippen LogP contribution in [0.2, 0.25) is 0 Å². The highest BCUT2D eigenvalue weighted by Crippen LogP contribution is 2.48. The number of β-lactam (4-membered cyclic amide) rings is 2. The molecular formula is C17H21N3O5S. The van der Waals surface area contributed by atoms with Crippen molar-refractivity contribution in [1.29, 1.82) is 0 Å². The van der Waals surface area contributed by atoms with Crippen LogP contribution in [0.4, 0.5) is 0 Å². The number of rotatable bonds is 5. The van der Waals surface area contributed by atoms with Gasteiger partial charge in [-0.15, -0.1) is 11.8 Å². The van der Waals surface area contributed by atoms with Crippen LogP contribution >= 0.6 is 11.8 Å². The van der Waals surface area contributed by atoms with E-state index in [0.717, 1.165) is 18.5 Å². The van der Waals surface area contributed by atoms with Crippen LogP contribution in [0.15, 0.2) is 22.3 Å². The average molecular weight is 379 g/mol. The van der Waals surface area contributed by atoms with E-state index >= 15 is 0 Å². The number of aliphatic hydroxyl groups is 1. The molecule has 3 saturated heterocycles. The molecule has 4 N–H and O–H groups in total. The Hall–Kier alpha value is -1.84. The minimum Gasteiger partial charge on any atom is -0.477 e. The number of carbonyl (C=O) groups is 3. The first kappa shape index (κ1) is 17.6. The number of hydrogen-bond donors (Lipinski definition) is 4. The molecule has 9 heteroatoms. The van der Waals surface area contributed by atoms with E-state index in [9.17, 15) is 24.6 Å². The van der Waals surface area contributed by atoms with E-state index in [1.54, 1.807) is 6.92 Å². The zero-order valence-electron chi connectivity index (χ0n) is 14.3. The Morgan fingerprint density at radius 2 is 2.19 bits per heavy atom. The van der Waals surface area contributed by atoms with Gasteiger partial charge >= 0.3 is 5.97 Å². The van der Waals surface area contributed by atoms with Crippen LogP contribution in [0.3, 0.4) is 0 Å². The molecule has 4 aliphatic heterocycles. The van der Waals surface area contributed by atoms with Crippen LogP contribution in [0.5, 0.6) is 0 Å². The summed E-state index contributed by atoms with van der Waals surface area (Å²) in [6, 6.07) is -0.144. The Labute approximate surface area is 154 Å². The largest absolute Gasteiger partial charge is 0.477 e. The van der Waals surface area contributed by atoms with Gasteiger partial charge < -0.3 is 25.7 Å². The topological polar surface area (TPSA) is 119 Å². The van der Waals surface area contributed by atoms with Crippen LogP contribution in [0.1, 0.15) is 19.8 Å². The summed E-state index contributed by atoms with van der Waals surface area (Å²) in [5, 5.41) is 25.6. The second-order valence-electron chi connectivity index (χ2n) is 7.19. The molecule has 0 radical (unpaired) electrons. The zero-order valence-corrected chi connectivity index (χ0v) is 15.1. The summed E-state index contributed by atoms with van der Waals surface area (Å²) in [6.07, 6.45) is 2.45. The van der Waals surface area contributed by atoms with Crippen LogP contribution in [0, 0.1) is 5.92 Å². The number of carbonyl (C=O) groups excluding carboxylic acids is 2. The van der Waals surface area contributed by atoms with Crippen molar-refractivity contribution in [3.8, 4) is 0 Å². The summed E-state index contributed by atoms with van der Waals surface area (Å²) in [4.78, 5) is 37.3. The quantitative estimate of drug-likeness (QED) is 0.372. The van der Waals surface area contributed by atoms with Gasteiger partial charge in [0, 0.05) is 41.3 Å². The molecule has 8 nitrogen and oxygen atoms in total. The smallest absolute Gasteiger partial charge is 0.353 e. The summed E-state index contributed by atoms with van der Waals surface area (Å²) in [5.41, 5.74) is 0.857. The third kappa shape index (κ3) is 2.74. The van der Waals surface area contributed by atoms with E-state index < -0.39 is 18.0 Å². The van der Waals surface area contributed by atoms with Crippen LogP contribution in [-0.2, 0) is 14.4 Å². The third-order valence-corrected chi connectivity index (χ3v) is 6.79. The maximum absolute atomic E-state index is 12.2. The Balaban J connectivity index is 1.45. The maximum atomic E-state index is 12.2. The van der Waals surface area contributed by atoms with Gasteiger partial charge in [0.15, 0.2) is 0 Å². The molecule has 0 aromatic rings. The van der Waals surface area contributed by atoms with Gasteiger partial charge in [0.2, 0.25) is 11.8 Å². The fraction of sp³-hybridized carbons (Fsp3) is 0.588. The predicted molar refractivity (Wildman–Crippen MR) is 94.0 cm³/mol. The van der Waals surface area contributed by atoms with Crippen molar-refractivity contribution < 1.29 is 24.6 Å². The average Bonchev–Trinajstić information content (AvgIpc) is 3.13. The monoisotopic (exact) mass is 379 g/mol. The minimum absolute atomic E-state index is 0.0263. The normalized spacial score (nSPS) is 35.9. The van der Waals surface area contributed by atoms with E-state index in [4.69, 9.17) is 0 Å². The highest BCUT2D eigenvalue weighted by Gasteiger charge is 2.57. The second kappa shape index (κ2) is 6.40. The molecule has 4 rings (SSSR count). The minimum atomic E-state index is -1.09. The van der Waals surface area contributed by atoms with Gasteiger partial charge in [-0.3, -0.25) is 9.59 Å². The lowest BCUT2D eigenvalue weighted by Gasteiger charge is -2.44. The number of carboxylic acids is 1. The van der Waals surface area contributed by atoms with E-state index in [1.165, 1.54) is 16.7 Å². The number of amides is 2. The van der Waals surface area contributed by atoms with Crippen molar-refractivity contribution >= 4 is 29.5 Å². The first-order valence-electron chi connectivity index (χ1n) is 8.73. The molecule has 0 aromatic heterocycles. The molecule has 4 heterocycles. The third-order valence-electron chi connectivity index (χ3n) is 5.46. The first-order valence-corrected chi connectivity index (χ1v) is 9.61. The van der Waals surface area contributed by atoms with Gasteiger partial charge in [0.25, 0.3) is 0 Å². The predicted octanol–water partition coefficient (Wildman–Crippen LogP) is -0.586. The molecule has 3 fully saturated rings. The second-order valence-corrected chi connectivity index (χ2v) is 8.58. The Morgan fingerprint density at radius 1 is 1.42 bits per heavy atom. The number of aliphatic hydroxyl groups excluding tert-OH is 1. The van der Waals surface area contributed by atoms with Crippen molar-refractivity contribution in [2.24, 2.45) is 5.92 Å². The van der Waals surface area contributed by atoms with Crippen molar-refractivity contribution in [3.05, 3.63) is 22.3 Å². The highest BCUT2D eigenvalue weighted by molar-refractivity contribution is 8.03. The van der Waals surface area contributed by atoms with Crippen molar-refractivity contribution in [2.45, 2.75) is 43.2 Å². The number of aliphatic carboxylic acids is 1. The van der Waals surface area contributed by atoms with Crippen LogP contribution in [0.25, 0.3) is 0 Å². The summed E-state index contributed by atoms with van der Waals surface area (Å²) in [7, 11) is 0. The molecule has 0 bridgehead atoms. The van der Waals surface area contributed by atoms with E-state index in [0.29, 0.717) is 17.9 Å². The van der Waals surface area contributed by atoms with Gasteiger partial charge in [0.1, 0.15) is 5.70 Å². The molecule has 5 atom stereocenters. The molecule has 140 valence electrons. The summed E-state index contributed by atoms with van der Waals surface area (Å²) in [6.45, 7) is 2.89. The van der Waals surface area contributed by atoms with Gasteiger partial charge in [-0.2, -0.15) is 0 Å². The Bertz CT molecular complexity index is 747. The molecule has 0 spiro atoms. The maximum Gasteiger partial charge on any atom is 0.353 e. The number of thioether (sulfide) groups is 1. The lowest BCUT2D eigenvalue weighted by molar-refractivity contribution is -0.161. The van der Waals surface area contributed by atoms with E-state index in [-0.39, 0.29) is 34.8 Å². The summed E-state index contributed by atoms with van der Waals surface area (Å²) in [5.74, 6) is -1.94. The number of fused-ring (bicyclic) bond motifs is 1. The fourth-order valence-electron chi connectivity index (χ4n) is 4.13. The van der Waals surface area contributed by atoms with Crippen molar-refractivity contribution in [2.75, 3.05) is 13.1 Å². The van der Waals surface area contributed by atoms with Gasteiger partial charge in [-0.1, -0.05) is 6.08 Å². The van der Waals surface area contributed by atoms with Crippen LogP contribution < -0.4 is 10.6 Å². The van der Waals surface area contributed by atoms with Crippen molar-refractivity contribution in [3.63, 3.8) is 0 Å². The van der Waals surface area contributed by atoms with Crippen molar-refractivity contribution in [1.82, 2.24) is 15.5 Å². The lowest BCUT2D eigenvalue weighted by atomic mass is 9.83. The first-order chi connectivity index (χ1) is 12.4. The van der Waals surface area contributed by atoms with Gasteiger partial charge in [-0.25, -0.2) is 4.79 Å². The Morgan fingerprint density at radius 3 is 2.77 bits per heavy atom. The van der Waals surface area contributed by atoms with Crippen LogP contribution in [-0.4, -0.2) is 69.4 Å². The molecule has 0 aliphatic carbocycles. The zero-order chi connectivity index (χ0) is 18.6. The molecule has 0 aromatic carbocycles. The van der Waals surface area contributed by atoms with Gasteiger partial charge in [0.05, 0.1) is 18.1 Å². The number of carboxylic acid groups (broad SMARTS) is 1. The van der Waals surface area contributed by atoms with E-state index in [2.05, 4.69) is 10.6 Å².